The average molecular weight is 280 g/mol. The van der Waals surface area contributed by atoms with E-state index in [1.807, 2.05) is 6.41 Å². The third kappa shape index (κ3) is 2.13. The van der Waals surface area contributed by atoms with E-state index in [-0.39, 0.29) is 34.9 Å². The fraction of sp³-hybridized carbons (Fsp3) is 0.800. The van der Waals surface area contributed by atoms with Crippen molar-refractivity contribution in [3.8, 4) is 0 Å². The fourth-order valence-corrected chi connectivity index (χ4v) is 3.93. The number of carbonyl (C=O) groups excluding carboxylic acids is 3. The largest absolute Gasteiger partial charge is 0.466 e. The zero-order chi connectivity index (χ0) is 15.1. The van der Waals surface area contributed by atoms with Gasteiger partial charge in [0.25, 0.3) is 0 Å². The van der Waals surface area contributed by atoms with Crippen LogP contribution in [0.4, 0.5) is 0 Å². The Morgan fingerprint density at radius 2 is 2.05 bits per heavy atom. The van der Waals surface area contributed by atoms with Crippen LogP contribution in [0.1, 0.15) is 34.1 Å². The molecule has 2 rings (SSSR count). The predicted octanol–water partition coefficient (Wildman–Crippen LogP) is 1.17. The second kappa shape index (κ2) is 4.86. The average Bonchev–Trinajstić information content (AvgIpc) is 2.81. The highest BCUT2D eigenvalue weighted by atomic mass is 16.5. The minimum atomic E-state index is -0.453. The first-order chi connectivity index (χ1) is 9.27. The van der Waals surface area contributed by atoms with E-state index in [1.54, 1.807) is 11.8 Å². The molecule has 0 aromatic carbocycles. The molecule has 1 saturated carbocycles. The number of fused-ring (bicyclic) bond motifs is 1. The van der Waals surface area contributed by atoms with Gasteiger partial charge >= 0.3 is 12.4 Å². The van der Waals surface area contributed by atoms with Crippen LogP contribution in [0.15, 0.2) is 0 Å². The summed E-state index contributed by atoms with van der Waals surface area (Å²) >= 11 is 0. The number of hydrogen-bond donors (Lipinski definition) is 0. The maximum atomic E-state index is 12.3. The van der Waals surface area contributed by atoms with Crippen LogP contribution in [0.5, 0.6) is 0 Å². The van der Waals surface area contributed by atoms with E-state index >= 15 is 0 Å². The summed E-state index contributed by atoms with van der Waals surface area (Å²) in [4.78, 5) is 36.2. The zero-order valence-electron chi connectivity index (χ0n) is 12.6. The van der Waals surface area contributed by atoms with Gasteiger partial charge in [0, 0.05) is 24.4 Å². The zero-order valence-corrected chi connectivity index (χ0v) is 12.6. The Balaban J connectivity index is 2.10. The Kier molecular flexibility index (Phi) is 3.65. The molecule has 2 fully saturated rings. The van der Waals surface area contributed by atoms with Gasteiger partial charge in [-0.05, 0) is 18.3 Å². The Morgan fingerprint density at radius 3 is 2.50 bits per heavy atom. The lowest BCUT2D eigenvalue weighted by molar-refractivity contribution is -0.146. The maximum Gasteiger partial charge on any atom is 0.313 e. The molecule has 0 aromatic heterocycles. The first kappa shape index (κ1) is 15.0. The molecule has 1 aliphatic carbocycles. The van der Waals surface area contributed by atoms with Gasteiger partial charge in [-0.3, -0.25) is 14.4 Å². The van der Waals surface area contributed by atoms with E-state index in [4.69, 9.17) is 4.74 Å². The highest BCUT2D eigenvalue weighted by Crippen LogP contribution is 2.71. The molecule has 20 heavy (non-hydrogen) atoms. The summed E-state index contributed by atoms with van der Waals surface area (Å²) in [6, 6.07) is 0. The molecule has 0 N–H and O–H groups in total. The summed E-state index contributed by atoms with van der Waals surface area (Å²) in [5, 5.41) is 0. The summed E-state index contributed by atoms with van der Waals surface area (Å²) in [5.41, 5.74) is -0.285. The molecule has 1 saturated heterocycles. The molecule has 0 aromatic rings. The van der Waals surface area contributed by atoms with Gasteiger partial charge in [-0.2, -0.15) is 0 Å². The van der Waals surface area contributed by atoms with Crippen molar-refractivity contribution in [2.24, 2.45) is 22.7 Å². The minimum Gasteiger partial charge on any atom is -0.466 e. The summed E-state index contributed by atoms with van der Waals surface area (Å²) in [6.45, 7) is 9.41. The number of piperidine rings is 1. The number of rotatable bonds is 5. The molecular formula is C15H22NO4. The molecule has 5 nitrogen and oxygen atoms in total. The molecule has 5 heteroatoms. The molecular weight excluding hydrogens is 258 g/mol. The van der Waals surface area contributed by atoms with Gasteiger partial charge in [0.1, 0.15) is 12.2 Å². The van der Waals surface area contributed by atoms with Gasteiger partial charge in [0.05, 0.1) is 6.61 Å². The maximum absolute atomic E-state index is 12.3. The summed E-state index contributed by atoms with van der Waals surface area (Å²) in [7, 11) is 0. The van der Waals surface area contributed by atoms with Crippen LogP contribution >= 0.6 is 0 Å². The van der Waals surface area contributed by atoms with Crippen molar-refractivity contribution >= 4 is 18.2 Å². The van der Waals surface area contributed by atoms with Gasteiger partial charge in [0.2, 0.25) is 0 Å². The highest BCUT2D eigenvalue weighted by molar-refractivity contribution is 5.99. The second-order valence-electron chi connectivity index (χ2n) is 6.79. The van der Waals surface area contributed by atoms with E-state index in [9.17, 15) is 14.4 Å². The van der Waals surface area contributed by atoms with Crippen molar-refractivity contribution in [3.63, 3.8) is 0 Å². The molecule has 0 unspecified atom stereocenters. The summed E-state index contributed by atoms with van der Waals surface area (Å²) in [6.07, 6.45) is 1.77. The molecule has 1 aliphatic heterocycles. The molecule has 3 atom stereocenters. The van der Waals surface area contributed by atoms with Crippen LogP contribution in [0.3, 0.4) is 0 Å². The molecule has 111 valence electrons. The van der Waals surface area contributed by atoms with Crippen LogP contribution in [0, 0.1) is 22.7 Å². The summed E-state index contributed by atoms with van der Waals surface area (Å²) < 4.78 is 4.84. The van der Waals surface area contributed by atoms with Crippen LogP contribution in [-0.2, 0) is 19.1 Å². The molecule has 0 bridgehead atoms. The lowest BCUT2D eigenvalue weighted by Crippen LogP contribution is -2.35. The van der Waals surface area contributed by atoms with Crippen LogP contribution < -0.4 is 0 Å². The fourth-order valence-electron chi connectivity index (χ4n) is 3.93. The van der Waals surface area contributed by atoms with E-state index in [0.717, 1.165) is 0 Å². The number of likely N-dealkylation sites (tertiary alicyclic amines) is 1. The van der Waals surface area contributed by atoms with Gasteiger partial charge in [-0.1, -0.05) is 20.8 Å². The molecule has 1 radical (unpaired) electrons. The third-order valence-electron chi connectivity index (χ3n) is 4.88. The molecule has 2 aliphatic rings. The van der Waals surface area contributed by atoms with Crippen molar-refractivity contribution in [1.29, 1.82) is 0 Å². The SMILES string of the molecule is CCOC(=O)CC(=O)[C@@H]1[C@@H]2CN([C]=O)C[C@@]12C(C)(C)C. The normalized spacial score (nSPS) is 31.7. The van der Waals surface area contributed by atoms with Crippen molar-refractivity contribution in [2.75, 3.05) is 19.7 Å². The Hall–Kier alpha value is -1.39. The van der Waals surface area contributed by atoms with E-state index < -0.39 is 5.97 Å². The molecule has 1 amide bonds. The van der Waals surface area contributed by atoms with Gasteiger partial charge in [-0.25, -0.2) is 0 Å². The lowest BCUT2D eigenvalue weighted by atomic mass is 9.75. The predicted molar refractivity (Wildman–Crippen MR) is 72.4 cm³/mol. The number of hydrogen-bond acceptors (Lipinski definition) is 4. The first-order valence-electron chi connectivity index (χ1n) is 7.09. The van der Waals surface area contributed by atoms with E-state index in [2.05, 4.69) is 20.8 Å². The number of carbonyl (C=O) groups is 2. The Labute approximate surface area is 119 Å². The number of ketones is 1. The van der Waals surface area contributed by atoms with Crippen LogP contribution in [-0.4, -0.2) is 42.8 Å². The van der Waals surface area contributed by atoms with Crippen molar-refractivity contribution in [2.45, 2.75) is 34.1 Å². The van der Waals surface area contributed by atoms with Crippen LogP contribution in [0.2, 0.25) is 0 Å². The topological polar surface area (TPSA) is 63.7 Å². The quantitative estimate of drug-likeness (QED) is 0.560. The highest BCUT2D eigenvalue weighted by Gasteiger charge is 2.75. The van der Waals surface area contributed by atoms with E-state index in [1.165, 1.54) is 0 Å². The van der Waals surface area contributed by atoms with Gasteiger partial charge < -0.3 is 9.64 Å². The Morgan fingerprint density at radius 1 is 1.40 bits per heavy atom. The van der Waals surface area contributed by atoms with Crippen LogP contribution in [0.25, 0.3) is 0 Å². The lowest BCUT2D eigenvalue weighted by Gasteiger charge is -2.32. The van der Waals surface area contributed by atoms with Crippen molar-refractivity contribution in [1.82, 2.24) is 4.90 Å². The van der Waals surface area contributed by atoms with Crippen molar-refractivity contribution in [3.05, 3.63) is 0 Å². The Bertz CT molecular complexity index is 440. The number of nitrogens with zero attached hydrogens (tertiary/aromatic N) is 1. The summed E-state index contributed by atoms with van der Waals surface area (Å²) in [5.74, 6) is -0.471. The van der Waals surface area contributed by atoms with Gasteiger partial charge in [0.15, 0.2) is 0 Å². The number of esters is 1. The van der Waals surface area contributed by atoms with Gasteiger partial charge in [-0.15, -0.1) is 0 Å². The number of ether oxygens (including phenoxy) is 1. The standard InChI is InChI=1S/C15H22NO4/c1-5-20-12(19)6-11(18)13-10-7-16(9-17)8-15(10,13)14(2,3)4/h10,13H,5-8H2,1-4H3/t10-,13-,15-/m0/s1. The van der Waals surface area contributed by atoms with Crippen molar-refractivity contribution < 1.29 is 19.1 Å². The number of amides is 1. The number of Topliss-reactive ketones (excluding diaryl/α,β-unsaturated/α-hetero) is 1. The minimum absolute atomic E-state index is 0.0473. The molecule has 0 spiro atoms. The smallest absolute Gasteiger partial charge is 0.313 e. The monoisotopic (exact) mass is 280 g/mol. The second-order valence-corrected chi connectivity index (χ2v) is 6.79. The van der Waals surface area contributed by atoms with E-state index in [0.29, 0.717) is 19.7 Å². The third-order valence-corrected chi connectivity index (χ3v) is 4.88. The molecule has 1 heterocycles. The first-order valence-corrected chi connectivity index (χ1v) is 7.09.